The SMILES string of the molecule is CCCCCC/C=C\[C@H]1O[C@H]2CC(=O)OC2[C@@H]1O. The van der Waals surface area contributed by atoms with E-state index in [1.165, 1.54) is 25.7 Å². The highest BCUT2D eigenvalue weighted by atomic mass is 16.6. The maximum Gasteiger partial charge on any atom is 0.309 e. The molecule has 2 aliphatic rings. The summed E-state index contributed by atoms with van der Waals surface area (Å²) < 4.78 is 10.7. The van der Waals surface area contributed by atoms with E-state index in [9.17, 15) is 9.90 Å². The first-order valence-corrected chi connectivity index (χ1v) is 6.92. The van der Waals surface area contributed by atoms with Gasteiger partial charge in [-0.2, -0.15) is 0 Å². The van der Waals surface area contributed by atoms with Crippen molar-refractivity contribution in [1.29, 1.82) is 0 Å². The fourth-order valence-corrected chi connectivity index (χ4v) is 2.52. The van der Waals surface area contributed by atoms with Crippen LogP contribution in [-0.2, 0) is 14.3 Å². The lowest BCUT2D eigenvalue weighted by Crippen LogP contribution is -2.30. The van der Waals surface area contributed by atoms with Crippen LogP contribution < -0.4 is 0 Å². The highest BCUT2D eigenvalue weighted by Crippen LogP contribution is 2.32. The number of unbranched alkanes of at least 4 members (excludes halogenated alkanes) is 4. The first kappa shape index (κ1) is 13.6. The minimum atomic E-state index is -0.714. The maximum atomic E-state index is 11.0. The molecule has 0 spiro atoms. The Morgan fingerprint density at radius 3 is 2.94 bits per heavy atom. The lowest BCUT2D eigenvalue weighted by Gasteiger charge is -2.12. The zero-order chi connectivity index (χ0) is 13.0. The van der Waals surface area contributed by atoms with E-state index in [1.807, 2.05) is 6.08 Å². The summed E-state index contributed by atoms with van der Waals surface area (Å²) in [5.41, 5.74) is 0. The molecule has 0 aromatic rings. The smallest absolute Gasteiger partial charge is 0.309 e. The summed E-state index contributed by atoms with van der Waals surface area (Å²) in [4.78, 5) is 11.0. The van der Waals surface area contributed by atoms with Crippen LogP contribution in [-0.4, -0.2) is 35.5 Å². The Morgan fingerprint density at radius 2 is 2.22 bits per heavy atom. The molecule has 0 radical (unpaired) electrons. The minimum Gasteiger partial charge on any atom is -0.457 e. The van der Waals surface area contributed by atoms with Crippen molar-refractivity contribution in [2.45, 2.75) is 69.9 Å². The topological polar surface area (TPSA) is 55.8 Å². The highest BCUT2D eigenvalue weighted by Gasteiger charge is 2.50. The predicted molar refractivity (Wildman–Crippen MR) is 67.1 cm³/mol. The molecule has 2 fully saturated rings. The van der Waals surface area contributed by atoms with Crippen molar-refractivity contribution in [3.63, 3.8) is 0 Å². The Hall–Kier alpha value is -0.870. The molecule has 0 bridgehead atoms. The molecule has 2 aliphatic heterocycles. The van der Waals surface area contributed by atoms with Crippen LogP contribution in [0.25, 0.3) is 0 Å². The minimum absolute atomic E-state index is 0.262. The summed E-state index contributed by atoms with van der Waals surface area (Å²) in [7, 11) is 0. The maximum absolute atomic E-state index is 11.0. The van der Waals surface area contributed by atoms with Gasteiger partial charge in [0.05, 0.1) is 6.42 Å². The number of allylic oxidation sites excluding steroid dienone is 1. The van der Waals surface area contributed by atoms with Crippen molar-refractivity contribution < 1.29 is 19.4 Å². The van der Waals surface area contributed by atoms with E-state index in [2.05, 4.69) is 13.0 Å². The Balaban J connectivity index is 1.71. The van der Waals surface area contributed by atoms with E-state index in [1.54, 1.807) is 0 Å². The third kappa shape index (κ3) is 3.12. The molecule has 18 heavy (non-hydrogen) atoms. The fraction of sp³-hybridized carbons (Fsp3) is 0.786. The summed E-state index contributed by atoms with van der Waals surface area (Å²) in [5.74, 6) is -0.272. The molecule has 0 amide bonds. The third-order valence-corrected chi connectivity index (χ3v) is 3.56. The number of aliphatic hydroxyl groups is 1. The normalized spacial score (nSPS) is 35.1. The second kappa shape index (κ2) is 6.34. The van der Waals surface area contributed by atoms with Gasteiger partial charge in [-0.15, -0.1) is 0 Å². The summed E-state index contributed by atoms with van der Waals surface area (Å²) in [5, 5.41) is 9.96. The van der Waals surface area contributed by atoms with Crippen molar-refractivity contribution in [2.75, 3.05) is 0 Å². The van der Waals surface area contributed by atoms with Crippen LogP contribution in [0.4, 0.5) is 0 Å². The van der Waals surface area contributed by atoms with Crippen LogP contribution in [0, 0.1) is 0 Å². The molecule has 2 saturated heterocycles. The van der Waals surface area contributed by atoms with Crippen molar-refractivity contribution in [2.24, 2.45) is 0 Å². The van der Waals surface area contributed by atoms with Crippen molar-refractivity contribution in [3.05, 3.63) is 12.2 Å². The third-order valence-electron chi connectivity index (χ3n) is 3.56. The number of carbonyl (C=O) groups is 1. The Labute approximate surface area is 108 Å². The van der Waals surface area contributed by atoms with Gasteiger partial charge in [-0.3, -0.25) is 4.79 Å². The molecule has 4 nitrogen and oxygen atoms in total. The molecule has 0 aliphatic carbocycles. The molecular weight excluding hydrogens is 232 g/mol. The van der Waals surface area contributed by atoms with Crippen LogP contribution >= 0.6 is 0 Å². The molecule has 2 heterocycles. The number of hydrogen-bond acceptors (Lipinski definition) is 4. The van der Waals surface area contributed by atoms with Crippen molar-refractivity contribution >= 4 is 5.97 Å². The first-order valence-electron chi connectivity index (χ1n) is 6.92. The molecule has 102 valence electrons. The molecule has 4 atom stereocenters. The van der Waals surface area contributed by atoms with Gasteiger partial charge in [-0.05, 0) is 12.8 Å². The van der Waals surface area contributed by atoms with Gasteiger partial charge in [0.2, 0.25) is 0 Å². The average Bonchev–Trinajstić information content (AvgIpc) is 2.83. The van der Waals surface area contributed by atoms with Gasteiger partial charge in [0.1, 0.15) is 18.3 Å². The van der Waals surface area contributed by atoms with E-state index in [-0.39, 0.29) is 24.6 Å². The van der Waals surface area contributed by atoms with Gasteiger partial charge >= 0.3 is 5.97 Å². The molecule has 0 saturated carbocycles. The van der Waals surface area contributed by atoms with Gasteiger partial charge in [-0.25, -0.2) is 0 Å². The molecular formula is C14H22O4. The van der Waals surface area contributed by atoms with Gasteiger partial charge in [0, 0.05) is 0 Å². The number of aliphatic hydroxyl groups excluding tert-OH is 1. The second-order valence-corrected chi connectivity index (χ2v) is 5.07. The van der Waals surface area contributed by atoms with Crippen LogP contribution in [0.1, 0.15) is 45.4 Å². The highest BCUT2D eigenvalue weighted by molar-refractivity contribution is 5.73. The number of hydrogen-bond donors (Lipinski definition) is 1. The monoisotopic (exact) mass is 254 g/mol. The van der Waals surface area contributed by atoms with Crippen LogP contribution in [0.3, 0.4) is 0 Å². The zero-order valence-corrected chi connectivity index (χ0v) is 10.9. The van der Waals surface area contributed by atoms with E-state index < -0.39 is 12.2 Å². The first-order chi connectivity index (χ1) is 8.72. The van der Waals surface area contributed by atoms with Crippen molar-refractivity contribution in [1.82, 2.24) is 0 Å². The summed E-state index contributed by atoms with van der Waals surface area (Å²) >= 11 is 0. The predicted octanol–water partition coefficient (Wildman–Crippen LogP) is 1.96. The Kier molecular flexibility index (Phi) is 4.78. The number of fused-ring (bicyclic) bond motifs is 1. The van der Waals surface area contributed by atoms with Crippen LogP contribution in [0.15, 0.2) is 12.2 Å². The molecule has 1 N–H and O–H groups in total. The average molecular weight is 254 g/mol. The fourth-order valence-electron chi connectivity index (χ4n) is 2.52. The summed E-state index contributed by atoms with van der Waals surface area (Å²) in [6.45, 7) is 2.19. The Bertz CT molecular complexity index is 313. The van der Waals surface area contributed by atoms with E-state index in [0.29, 0.717) is 0 Å². The largest absolute Gasteiger partial charge is 0.457 e. The summed E-state index contributed by atoms with van der Waals surface area (Å²) in [6, 6.07) is 0. The lowest BCUT2D eigenvalue weighted by atomic mass is 10.1. The van der Waals surface area contributed by atoms with Gasteiger partial charge < -0.3 is 14.6 Å². The van der Waals surface area contributed by atoms with Crippen LogP contribution in [0.5, 0.6) is 0 Å². The molecule has 0 aromatic carbocycles. The standard InChI is InChI=1S/C14H22O4/c1-2-3-4-5-6-7-8-10-13(16)14-11(17-10)9-12(15)18-14/h7-8,10-11,13-14,16H,2-6,9H2,1H3/b8-7-/t10-,11+,13-,14?/m1/s1. The second-order valence-electron chi connectivity index (χ2n) is 5.07. The number of rotatable bonds is 6. The van der Waals surface area contributed by atoms with Gasteiger partial charge in [0.25, 0.3) is 0 Å². The van der Waals surface area contributed by atoms with E-state index in [0.717, 1.165) is 6.42 Å². The lowest BCUT2D eigenvalue weighted by molar-refractivity contribution is -0.145. The number of ether oxygens (including phenoxy) is 2. The molecule has 0 aromatic heterocycles. The summed E-state index contributed by atoms with van der Waals surface area (Å²) in [6.07, 6.45) is 8.42. The zero-order valence-electron chi connectivity index (χ0n) is 10.9. The quantitative estimate of drug-likeness (QED) is 0.447. The Morgan fingerprint density at radius 1 is 1.39 bits per heavy atom. The molecule has 1 unspecified atom stereocenters. The molecule has 4 heteroatoms. The van der Waals surface area contributed by atoms with Gasteiger partial charge in [0.15, 0.2) is 6.10 Å². The van der Waals surface area contributed by atoms with Gasteiger partial charge in [-0.1, -0.05) is 38.3 Å². The van der Waals surface area contributed by atoms with Crippen LogP contribution in [0.2, 0.25) is 0 Å². The number of esters is 1. The van der Waals surface area contributed by atoms with E-state index in [4.69, 9.17) is 9.47 Å². The number of carbonyl (C=O) groups excluding carboxylic acids is 1. The van der Waals surface area contributed by atoms with E-state index >= 15 is 0 Å². The molecule has 2 rings (SSSR count). The van der Waals surface area contributed by atoms with Crippen molar-refractivity contribution in [3.8, 4) is 0 Å².